The average molecular weight is 268 g/mol. The number of fused-ring (bicyclic) bond motifs is 1. The maximum absolute atomic E-state index is 11.3. The van der Waals surface area contributed by atoms with Crippen molar-refractivity contribution >= 4 is 17.9 Å². The number of aldehydes is 1. The quantitative estimate of drug-likeness (QED) is 0.869. The summed E-state index contributed by atoms with van der Waals surface area (Å²) >= 11 is 0. The van der Waals surface area contributed by atoms with Crippen LogP contribution >= 0.6 is 0 Å². The molecule has 1 N–H and O–H groups in total. The van der Waals surface area contributed by atoms with Crippen molar-refractivity contribution in [3.05, 3.63) is 47.7 Å². The lowest BCUT2D eigenvalue weighted by atomic mass is 10.0. The number of amides is 1. The summed E-state index contributed by atoms with van der Waals surface area (Å²) in [6, 6.07) is 8.78. The van der Waals surface area contributed by atoms with E-state index >= 15 is 0 Å². The van der Waals surface area contributed by atoms with E-state index in [1.807, 2.05) is 12.1 Å². The maximum atomic E-state index is 11.3. The first kappa shape index (κ1) is 12.3. The molecule has 1 aromatic heterocycles. The van der Waals surface area contributed by atoms with Gasteiger partial charge in [0.05, 0.1) is 0 Å². The number of anilines is 1. The number of rotatable bonds is 3. The lowest BCUT2D eigenvalue weighted by Gasteiger charge is -2.17. The molecule has 20 heavy (non-hydrogen) atoms. The molecule has 0 saturated carbocycles. The van der Waals surface area contributed by atoms with Crippen LogP contribution in [0.4, 0.5) is 5.69 Å². The Morgan fingerprint density at radius 1 is 1.20 bits per heavy atom. The molecule has 0 radical (unpaired) electrons. The summed E-state index contributed by atoms with van der Waals surface area (Å²) in [5.41, 5.74) is 2.38. The number of nitrogens with one attached hydrogen (secondary N) is 1. The van der Waals surface area contributed by atoms with Gasteiger partial charge in [0.15, 0.2) is 6.29 Å². The summed E-state index contributed by atoms with van der Waals surface area (Å²) in [6.45, 7) is 0. The smallest absolute Gasteiger partial charge is 0.224 e. The van der Waals surface area contributed by atoms with E-state index < -0.39 is 0 Å². The van der Waals surface area contributed by atoms with Crippen LogP contribution in [0.2, 0.25) is 0 Å². The van der Waals surface area contributed by atoms with Crippen molar-refractivity contribution in [2.45, 2.75) is 12.8 Å². The SMILES string of the molecule is O=Cc1ccc(Oc2ccc3c(c2)CCC(=O)N3)nc1. The van der Waals surface area contributed by atoms with Gasteiger partial charge in [-0.3, -0.25) is 9.59 Å². The number of carbonyl (C=O) groups is 2. The third kappa shape index (κ3) is 2.51. The molecule has 0 unspecified atom stereocenters. The minimum atomic E-state index is 0.0392. The van der Waals surface area contributed by atoms with Gasteiger partial charge in [0, 0.05) is 29.9 Å². The second-order valence-corrected chi connectivity index (χ2v) is 4.52. The first-order valence-electron chi connectivity index (χ1n) is 6.26. The molecule has 5 heteroatoms. The van der Waals surface area contributed by atoms with Crippen LogP contribution in [0.3, 0.4) is 0 Å². The zero-order valence-corrected chi connectivity index (χ0v) is 10.6. The van der Waals surface area contributed by atoms with Crippen LogP contribution < -0.4 is 10.1 Å². The van der Waals surface area contributed by atoms with Crippen LogP contribution in [-0.4, -0.2) is 17.2 Å². The fraction of sp³-hybridized carbons (Fsp3) is 0.133. The highest BCUT2D eigenvalue weighted by atomic mass is 16.5. The van der Waals surface area contributed by atoms with E-state index in [0.717, 1.165) is 17.5 Å². The van der Waals surface area contributed by atoms with Crippen molar-refractivity contribution in [1.82, 2.24) is 4.98 Å². The van der Waals surface area contributed by atoms with Crippen LogP contribution in [0.5, 0.6) is 11.6 Å². The molecular formula is C15H12N2O3. The van der Waals surface area contributed by atoms with Crippen molar-refractivity contribution in [1.29, 1.82) is 0 Å². The zero-order valence-electron chi connectivity index (χ0n) is 10.6. The van der Waals surface area contributed by atoms with Gasteiger partial charge in [-0.05, 0) is 36.2 Å². The number of pyridine rings is 1. The number of benzene rings is 1. The first-order chi connectivity index (χ1) is 9.74. The lowest BCUT2D eigenvalue weighted by molar-refractivity contribution is -0.116. The van der Waals surface area contributed by atoms with Gasteiger partial charge >= 0.3 is 0 Å². The Balaban J connectivity index is 1.80. The van der Waals surface area contributed by atoms with E-state index in [4.69, 9.17) is 4.74 Å². The second-order valence-electron chi connectivity index (χ2n) is 4.52. The van der Waals surface area contributed by atoms with Gasteiger partial charge in [-0.2, -0.15) is 0 Å². The number of hydrogen-bond donors (Lipinski definition) is 1. The number of aryl methyl sites for hydroxylation is 1. The second kappa shape index (κ2) is 5.13. The van der Waals surface area contributed by atoms with Crippen molar-refractivity contribution in [3.63, 3.8) is 0 Å². The molecule has 1 aromatic carbocycles. The number of aromatic nitrogens is 1. The number of carbonyl (C=O) groups excluding carboxylic acids is 2. The molecule has 100 valence electrons. The fourth-order valence-electron chi connectivity index (χ4n) is 2.07. The van der Waals surface area contributed by atoms with Gasteiger partial charge in [-0.1, -0.05) is 0 Å². The molecule has 1 aliphatic rings. The van der Waals surface area contributed by atoms with Gasteiger partial charge in [-0.15, -0.1) is 0 Å². The topological polar surface area (TPSA) is 68.3 Å². The van der Waals surface area contributed by atoms with Crippen LogP contribution in [-0.2, 0) is 11.2 Å². The van der Waals surface area contributed by atoms with E-state index in [1.54, 1.807) is 18.2 Å². The third-order valence-electron chi connectivity index (χ3n) is 3.09. The highest BCUT2D eigenvalue weighted by Crippen LogP contribution is 2.28. The molecule has 1 amide bonds. The molecule has 1 aliphatic heterocycles. The predicted molar refractivity (Wildman–Crippen MR) is 73.1 cm³/mol. The van der Waals surface area contributed by atoms with Crippen LogP contribution in [0.15, 0.2) is 36.5 Å². The van der Waals surface area contributed by atoms with E-state index in [-0.39, 0.29) is 5.91 Å². The summed E-state index contributed by atoms with van der Waals surface area (Å²) in [5.74, 6) is 1.12. The minimum Gasteiger partial charge on any atom is -0.439 e. The maximum Gasteiger partial charge on any atom is 0.224 e. The summed E-state index contributed by atoms with van der Waals surface area (Å²) in [7, 11) is 0. The van der Waals surface area contributed by atoms with Gasteiger partial charge in [0.1, 0.15) is 5.75 Å². The third-order valence-corrected chi connectivity index (χ3v) is 3.09. The largest absolute Gasteiger partial charge is 0.439 e. The van der Waals surface area contributed by atoms with E-state index in [9.17, 15) is 9.59 Å². The normalized spacial score (nSPS) is 13.3. The van der Waals surface area contributed by atoms with Crippen LogP contribution in [0, 0.1) is 0 Å². The Morgan fingerprint density at radius 2 is 2.10 bits per heavy atom. The van der Waals surface area contributed by atoms with Crippen molar-refractivity contribution < 1.29 is 14.3 Å². The zero-order chi connectivity index (χ0) is 13.9. The lowest BCUT2D eigenvalue weighted by Crippen LogP contribution is -2.18. The van der Waals surface area contributed by atoms with Gasteiger partial charge in [-0.25, -0.2) is 4.98 Å². The van der Waals surface area contributed by atoms with Gasteiger partial charge < -0.3 is 10.1 Å². The number of nitrogens with zero attached hydrogens (tertiary/aromatic N) is 1. The van der Waals surface area contributed by atoms with Crippen LogP contribution in [0.1, 0.15) is 22.3 Å². The Hall–Kier alpha value is -2.69. The predicted octanol–water partition coefficient (Wildman–Crippen LogP) is 2.57. The molecule has 0 aliphatic carbocycles. The standard InChI is InChI=1S/C15H12N2O3/c18-9-10-1-6-15(16-8-10)20-12-3-4-13-11(7-12)2-5-14(19)17-13/h1,3-4,6-9H,2,5H2,(H,17,19). The number of ether oxygens (including phenoxy) is 1. The molecule has 0 spiro atoms. The summed E-state index contributed by atoms with van der Waals surface area (Å²) < 4.78 is 5.63. The van der Waals surface area contributed by atoms with E-state index in [1.165, 1.54) is 6.20 Å². The Kier molecular flexibility index (Phi) is 3.16. The highest BCUT2D eigenvalue weighted by molar-refractivity contribution is 5.94. The Labute approximate surface area is 115 Å². The average Bonchev–Trinajstić information content (AvgIpc) is 2.48. The number of hydrogen-bond acceptors (Lipinski definition) is 4. The minimum absolute atomic E-state index is 0.0392. The Morgan fingerprint density at radius 3 is 2.85 bits per heavy atom. The van der Waals surface area contributed by atoms with E-state index in [2.05, 4.69) is 10.3 Å². The molecule has 3 rings (SSSR count). The van der Waals surface area contributed by atoms with Crippen molar-refractivity contribution in [2.75, 3.05) is 5.32 Å². The molecule has 2 heterocycles. The first-order valence-corrected chi connectivity index (χ1v) is 6.26. The molecule has 0 saturated heterocycles. The van der Waals surface area contributed by atoms with E-state index in [0.29, 0.717) is 30.0 Å². The van der Waals surface area contributed by atoms with Crippen LogP contribution in [0.25, 0.3) is 0 Å². The molecule has 0 atom stereocenters. The van der Waals surface area contributed by atoms with Gasteiger partial charge in [0.2, 0.25) is 11.8 Å². The molecule has 2 aromatic rings. The van der Waals surface area contributed by atoms with Crippen molar-refractivity contribution in [3.8, 4) is 11.6 Å². The Bertz CT molecular complexity index is 665. The highest BCUT2D eigenvalue weighted by Gasteiger charge is 2.15. The molecule has 5 nitrogen and oxygen atoms in total. The monoisotopic (exact) mass is 268 g/mol. The summed E-state index contributed by atoms with van der Waals surface area (Å²) in [5, 5.41) is 2.82. The summed E-state index contributed by atoms with van der Waals surface area (Å²) in [4.78, 5) is 25.9. The van der Waals surface area contributed by atoms with Crippen molar-refractivity contribution in [2.24, 2.45) is 0 Å². The fourth-order valence-corrected chi connectivity index (χ4v) is 2.07. The van der Waals surface area contributed by atoms with Gasteiger partial charge in [0.25, 0.3) is 0 Å². The molecule has 0 bridgehead atoms. The molecular weight excluding hydrogens is 256 g/mol. The molecule has 0 fully saturated rings. The summed E-state index contributed by atoms with van der Waals surface area (Å²) in [6.07, 6.45) is 3.39.